The number of aliphatic carboxylic acids is 1. The Morgan fingerprint density at radius 2 is 1.64 bits per heavy atom. The van der Waals surface area contributed by atoms with Crippen molar-refractivity contribution in [2.45, 2.75) is 40.5 Å². The molecule has 0 saturated carbocycles. The lowest BCUT2D eigenvalue weighted by molar-refractivity contribution is -0.313. The summed E-state index contributed by atoms with van der Waals surface area (Å²) in [6, 6.07) is 5.70. The minimum atomic E-state index is -1.15. The highest BCUT2D eigenvalue weighted by Gasteiger charge is 2.33. The van der Waals surface area contributed by atoms with Gasteiger partial charge in [0.25, 0.3) is 0 Å². The Morgan fingerprint density at radius 1 is 1.05 bits per heavy atom. The molecule has 0 bridgehead atoms. The lowest BCUT2D eigenvalue weighted by Crippen LogP contribution is -2.42. The first kappa shape index (κ1) is 16.3. The van der Waals surface area contributed by atoms with E-state index in [0.717, 1.165) is 28.0 Å². The minimum Gasteiger partial charge on any atom is -0.550 e. The summed E-state index contributed by atoms with van der Waals surface area (Å²) in [5, 5.41) is 14.3. The number of amides is 1. The van der Waals surface area contributed by atoms with Crippen LogP contribution in [0, 0.1) is 25.7 Å². The van der Waals surface area contributed by atoms with Gasteiger partial charge >= 0.3 is 0 Å². The first-order valence-corrected chi connectivity index (χ1v) is 7.54. The highest BCUT2D eigenvalue weighted by Crippen LogP contribution is 2.34. The summed E-state index contributed by atoms with van der Waals surface area (Å²) in [6.45, 7) is 7.80. The fourth-order valence-corrected chi connectivity index (χ4v) is 2.93. The number of hydrogen-bond donors (Lipinski definition) is 1. The van der Waals surface area contributed by atoms with Crippen LogP contribution in [0.2, 0.25) is 0 Å². The average Bonchev–Trinajstić information content (AvgIpc) is 2.46. The number of nitrogens with one attached hydrogen (secondary N) is 1. The van der Waals surface area contributed by atoms with Crippen LogP contribution < -0.4 is 10.4 Å². The molecule has 2 rings (SSSR count). The Labute approximate surface area is 131 Å². The Balaban J connectivity index is 2.24. The largest absolute Gasteiger partial charge is 0.550 e. The minimum absolute atomic E-state index is 0.241. The van der Waals surface area contributed by atoms with Crippen molar-refractivity contribution in [1.29, 1.82) is 0 Å². The Hall–Kier alpha value is -2.10. The van der Waals surface area contributed by atoms with Gasteiger partial charge in [-0.3, -0.25) is 4.79 Å². The van der Waals surface area contributed by atoms with Crippen molar-refractivity contribution < 1.29 is 14.7 Å². The molecule has 1 aromatic rings. The highest BCUT2D eigenvalue weighted by atomic mass is 16.4. The third-order valence-corrected chi connectivity index (χ3v) is 4.77. The third-order valence-electron chi connectivity index (χ3n) is 4.77. The molecule has 1 aromatic carbocycles. The van der Waals surface area contributed by atoms with Crippen molar-refractivity contribution in [3.63, 3.8) is 0 Å². The van der Waals surface area contributed by atoms with Crippen molar-refractivity contribution in [1.82, 2.24) is 0 Å². The number of benzene rings is 1. The second-order valence-corrected chi connectivity index (χ2v) is 6.24. The lowest BCUT2D eigenvalue weighted by Gasteiger charge is -2.33. The van der Waals surface area contributed by atoms with E-state index in [1.807, 2.05) is 45.9 Å². The van der Waals surface area contributed by atoms with E-state index in [0.29, 0.717) is 12.8 Å². The number of hydrogen-bond acceptors (Lipinski definition) is 3. The van der Waals surface area contributed by atoms with Crippen LogP contribution in [0.25, 0.3) is 0 Å². The third kappa shape index (κ3) is 3.21. The number of carboxylic acid groups (broad SMARTS) is 1. The van der Waals surface area contributed by atoms with Crippen LogP contribution >= 0.6 is 0 Å². The number of anilines is 1. The maximum atomic E-state index is 12.6. The molecule has 4 nitrogen and oxygen atoms in total. The van der Waals surface area contributed by atoms with Gasteiger partial charge in [-0.05, 0) is 57.7 Å². The molecule has 22 heavy (non-hydrogen) atoms. The van der Waals surface area contributed by atoms with Crippen LogP contribution in [0.4, 0.5) is 5.69 Å². The molecule has 0 aliphatic heterocycles. The van der Waals surface area contributed by atoms with Crippen LogP contribution in [0.5, 0.6) is 0 Å². The van der Waals surface area contributed by atoms with Gasteiger partial charge in [0.15, 0.2) is 0 Å². The normalized spacial score (nSPS) is 21.6. The van der Waals surface area contributed by atoms with E-state index in [9.17, 15) is 14.7 Å². The van der Waals surface area contributed by atoms with Crippen LogP contribution in [0.3, 0.4) is 0 Å². The van der Waals surface area contributed by atoms with E-state index in [1.54, 1.807) is 0 Å². The fraction of sp³-hybridized carbons (Fsp3) is 0.444. The maximum Gasteiger partial charge on any atom is 0.228 e. The molecule has 1 amide bonds. The van der Waals surface area contributed by atoms with Gasteiger partial charge in [0.2, 0.25) is 5.91 Å². The van der Waals surface area contributed by atoms with Crippen LogP contribution in [0.1, 0.15) is 37.8 Å². The summed E-state index contributed by atoms with van der Waals surface area (Å²) >= 11 is 0. The second-order valence-electron chi connectivity index (χ2n) is 6.24. The van der Waals surface area contributed by atoms with E-state index in [-0.39, 0.29) is 5.91 Å². The van der Waals surface area contributed by atoms with E-state index in [1.165, 1.54) is 0 Å². The lowest BCUT2D eigenvalue weighted by atomic mass is 9.76. The van der Waals surface area contributed by atoms with Gasteiger partial charge in [0.05, 0.1) is 5.92 Å². The van der Waals surface area contributed by atoms with Crippen LogP contribution in [-0.2, 0) is 9.59 Å². The number of allylic oxidation sites excluding steroid dienone is 2. The Morgan fingerprint density at radius 3 is 2.23 bits per heavy atom. The number of carbonyl (C=O) groups excluding carboxylic acids is 2. The van der Waals surface area contributed by atoms with Gasteiger partial charge in [-0.15, -0.1) is 0 Å². The van der Waals surface area contributed by atoms with E-state index >= 15 is 0 Å². The Kier molecular flexibility index (Phi) is 4.69. The van der Waals surface area contributed by atoms with Gasteiger partial charge in [-0.2, -0.15) is 0 Å². The SMILES string of the molecule is CC1=C(C)C[C@H](C(=O)Nc2cccc(C)c2C)[C@@H](C(=O)[O-])C1. The Bertz CT molecular complexity index is 646. The van der Waals surface area contributed by atoms with Crippen molar-refractivity contribution in [3.8, 4) is 0 Å². The number of aryl methyl sites for hydroxylation is 1. The van der Waals surface area contributed by atoms with Crippen molar-refractivity contribution >= 4 is 17.6 Å². The standard InChI is InChI=1S/C18H23NO3/c1-10-6-5-7-16(13(10)4)19-17(20)14-8-11(2)12(3)9-15(14)18(21)22/h5-7,14-15H,8-9H2,1-4H3,(H,19,20)(H,21,22)/p-1/t14-,15-/m0/s1. The van der Waals surface area contributed by atoms with Crippen LogP contribution in [0.15, 0.2) is 29.3 Å². The predicted molar refractivity (Wildman–Crippen MR) is 84.1 cm³/mol. The first-order chi connectivity index (χ1) is 10.3. The quantitative estimate of drug-likeness (QED) is 0.871. The molecule has 1 N–H and O–H groups in total. The zero-order chi connectivity index (χ0) is 16.4. The zero-order valence-electron chi connectivity index (χ0n) is 13.5. The number of carboxylic acids is 1. The molecule has 0 fully saturated rings. The first-order valence-electron chi connectivity index (χ1n) is 7.54. The van der Waals surface area contributed by atoms with E-state index in [2.05, 4.69) is 5.32 Å². The molecular formula is C18H22NO3-. The van der Waals surface area contributed by atoms with Gasteiger partial charge < -0.3 is 15.2 Å². The smallest absolute Gasteiger partial charge is 0.228 e. The van der Waals surface area contributed by atoms with E-state index in [4.69, 9.17) is 0 Å². The molecule has 2 atom stereocenters. The summed E-state index contributed by atoms with van der Waals surface area (Å²) in [5.41, 5.74) is 4.97. The summed E-state index contributed by atoms with van der Waals surface area (Å²) < 4.78 is 0. The molecule has 1 aliphatic rings. The van der Waals surface area contributed by atoms with Crippen molar-refractivity contribution in [2.24, 2.45) is 11.8 Å². The molecule has 4 heteroatoms. The summed E-state index contributed by atoms with van der Waals surface area (Å²) in [4.78, 5) is 24.0. The molecule has 0 aromatic heterocycles. The molecular weight excluding hydrogens is 278 g/mol. The predicted octanol–water partition coefficient (Wildman–Crippen LogP) is 2.35. The number of rotatable bonds is 3. The molecule has 0 heterocycles. The van der Waals surface area contributed by atoms with Gasteiger partial charge in [0, 0.05) is 17.6 Å². The topological polar surface area (TPSA) is 69.2 Å². The second kappa shape index (κ2) is 6.34. The molecule has 1 aliphatic carbocycles. The average molecular weight is 300 g/mol. The van der Waals surface area contributed by atoms with Gasteiger partial charge in [-0.1, -0.05) is 23.3 Å². The molecule has 0 radical (unpaired) electrons. The van der Waals surface area contributed by atoms with Crippen LogP contribution in [-0.4, -0.2) is 11.9 Å². The van der Waals surface area contributed by atoms with Gasteiger partial charge in [0.1, 0.15) is 0 Å². The molecule has 118 valence electrons. The van der Waals surface area contributed by atoms with E-state index < -0.39 is 17.8 Å². The zero-order valence-corrected chi connectivity index (χ0v) is 13.5. The fourth-order valence-electron chi connectivity index (χ4n) is 2.93. The highest BCUT2D eigenvalue weighted by molar-refractivity contribution is 5.96. The molecule has 0 saturated heterocycles. The molecule has 0 spiro atoms. The number of carbonyl (C=O) groups is 2. The van der Waals surface area contributed by atoms with Gasteiger partial charge in [-0.25, -0.2) is 0 Å². The van der Waals surface area contributed by atoms with Crippen molar-refractivity contribution in [2.75, 3.05) is 5.32 Å². The summed E-state index contributed by atoms with van der Waals surface area (Å²) in [7, 11) is 0. The summed E-state index contributed by atoms with van der Waals surface area (Å²) in [6.07, 6.45) is 0.861. The summed E-state index contributed by atoms with van der Waals surface area (Å²) in [5.74, 6) is -2.72. The molecule has 0 unspecified atom stereocenters. The maximum absolute atomic E-state index is 12.6. The monoisotopic (exact) mass is 300 g/mol. The van der Waals surface area contributed by atoms with Crippen molar-refractivity contribution in [3.05, 3.63) is 40.5 Å².